The van der Waals surface area contributed by atoms with Crippen molar-refractivity contribution in [3.8, 4) is 0 Å². The second-order valence-corrected chi connectivity index (χ2v) is 3.70. The fraction of sp³-hybridized carbons (Fsp3) is 0.700. The number of nitrogens with zero attached hydrogens (tertiary/aromatic N) is 2. The first-order chi connectivity index (χ1) is 5.86. The molecule has 2 rings (SSSR count). The number of hydrogen-bond acceptors (Lipinski definition) is 1. The van der Waals surface area contributed by atoms with Crippen molar-refractivity contribution in [2.75, 3.05) is 0 Å². The third kappa shape index (κ3) is 1.52. The summed E-state index contributed by atoms with van der Waals surface area (Å²) in [5.74, 6) is 2.08. The molecule has 65 valence electrons. The lowest BCUT2D eigenvalue weighted by molar-refractivity contribution is 0.281. The Morgan fingerprint density at radius 3 is 3.00 bits per heavy atom. The highest BCUT2D eigenvalue weighted by atomic mass is 15.0. The molecule has 1 aromatic heterocycles. The van der Waals surface area contributed by atoms with Gasteiger partial charge in [0.05, 0.1) is 0 Å². The van der Waals surface area contributed by atoms with Gasteiger partial charge in [-0.2, -0.15) is 0 Å². The van der Waals surface area contributed by atoms with Crippen molar-refractivity contribution in [2.24, 2.45) is 5.92 Å². The molecule has 12 heavy (non-hydrogen) atoms. The maximum absolute atomic E-state index is 4.08. The number of rotatable bonds is 3. The smallest absolute Gasteiger partial charge is 0.109 e. The molecule has 0 spiro atoms. The van der Waals surface area contributed by atoms with Gasteiger partial charge in [-0.25, -0.2) is 4.98 Å². The Hall–Kier alpha value is -0.790. The molecule has 0 atom stereocenters. The second kappa shape index (κ2) is 3.30. The molecule has 0 aliphatic heterocycles. The van der Waals surface area contributed by atoms with Gasteiger partial charge in [0.1, 0.15) is 12.0 Å². The number of hydrogen-bond donors (Lipinski definition) is 0. The van der Waals surface area contributed by atoms with Crippen LogP contribution >= 0.6 is 0 Å². The first kappa shape index (κ1) is 7.84. The molecule has 1 aliphatic carbocycles. The minimum absolute atomic E-state index is 0.992. The van der Waals surface area contributed by atoms with Crippen LogP contribution in [0.1, 0.15) is 31.5 Å². The van der Waals surface area contributed by atoms with E-state index in [1.807, 2.05) is 13.1 Å². The molecule has 1 fully saturated rings. The first-order valence-electron chi connectivity index (χ1n) is 4.76. The fourth-order valence-corrected chi connectivity index (χ4v) is 1.68. The molecule has 1 saturated carbocycles. The van der Waals surface area contributed by atoms with E-state index in [4.69, 9.17) is 0 Å². The summed E-state index contributed by atoms with van der Waals surface area (Å²) in [6.07, 6.45) is 10.5. The van der Waals surface area contributed by atoms with Crippen LogP contribution in [0.4, 0.5) is 0 Å². The predicted molar refractivity (Wildman–Crippen MR) is 47.8 cm³/mol. The summed E-state index contributed by atoms with van der Waals surface area (Å²) >= 11 is 0. The quantitative estimate of drug-likeness (QED) is 0.667. The van der Waals surface area contributed by atoms with Gasteiger partial charge in [0, 0.05) is 12.7 Å². The molecular formula is C10H15N2. The van der Waals surface area contributed by atoms with Crippen molar-refractivity contribution >= 4 is 0 Å². The van der Waals surface area contributed by atoms with Crippen molar-refractivity contribution in [1.29, 1.82) is 0 Å². The zero-order valence-electron chi connectivity index (χ0n) is 7.58. The van der Waals surface area contributed by atoms with Crippen LogP contribution < -0.4 is 0 Å². The minimum Gasteiger partial charge on any atom is -0.334 e. The molecule has 1 aliphatic rings. The van der Waals surface area contributed by atoms with E-state index in [1.54, 1.807) is 0 Å². The minimum atomic E-state index is 0.992. The van der Waals surface area contributed by atoms with Gasteiger partial charge in [0.25, 0.3) is 0 Å². The van der Waals surface area contributed by atoms with Gasteiger partial charge in [-0.1, -0.05) is 19.3 Å². The van der Waals surface area contributed by atoms with Crippen molar-refractivity contribution in [3.05, 3.63) is 18.2 Å². The SMILES string of the molecule is Cc1n[c]cn1CCC1CCC1. The maximum Gasteiger partial charge on any atom is 0.109 e. The molecule has 2 heteroatoms. The molecule has 0 unspecified atom stereocenters. The van der Waals surface area contributed by atoms with E-state index in [9.17, 15) is 0 Å². The van der Waals surface area contributed by atoms with Crippen LogP contribution in [-0.4, -0.2) is 9.55 Å². The Kier molecular flexibility index (Phi) is 2.15. The number of aryl methyl sites for hydroxylation is 2. The number of imidazole rings is 1. The highest BCUT2D eigenvalue weighted by Crippen LogP contribution is 2.29. The van der Waals surface area contributed by atoms with Gasteiger partial charge in [0.2, 0.25) is 0 Å². The first-order valence-corrected chi connectivity index (χ1v) is 4.76. The van der Waals surface area contributed by atoms with Crippen molar-refractivity contribution in [1.82, 2.24) is 9.55 Å². The average Bonchev–Trinajstić information content (AvgIpc) is 2.33. The predicted octanol–water partition coefficient (Wildman–Crippen LogP) is 2.18. The zero-order valence-corrected chi connectivity index (χ0v) is 7.58. The monoisotopic (exact) mass is 163 g/mol. The van der Waals surface area contributed by atoms with Crippen LogP contribution in [0.25, 0.3) is 0 Å². The summed E-state index contributed by atoms with van der Waals surface area (Å²) in [5, 5.41) is 0. The summed E-state index contributed by atoms with van der Waals surface area (Å²) in [4.78, 5) is 4.08. The second-order valence-electron chi connectivity index (χ2n) is 3.70. The molecule has 0 bridgehead atoms. The summed E-state index contributed by atoms with van der Waals surface area (Å²) in [6.45, 7) is 3.17. The van der Waals surface area contributed by atoms with E-state index in [2.05, 4.69) is 15.7 Å². The van der Waals surface area contributed by atoms with Crippen LogP contribution in [0.5, 0.6) is 0 Å². The fourth-order valence-electron chi connectivity index (χ4n) is 1.68. The van der Waals surface area contributed by atoms with Gasteiger partial charge in [-0.15, -0.1) is 0 Å². The Morgan fingerprint density at radius 1 is 1.67 bits per heavy atom. The third-order valence-electron chi connectivity index (χ3n) is 2.86. The highest BCUT2D eigenvalue weighted by Gasteiger charge is 2.16. The Bertz CT molecular complexity index is 248. The Morgan fingerprint density at radius 2 is 2.50 bits per heavy atom. The molecule has 0 aromatic carbocycles. The third-order valence-corrected chi connectivity index (χ3v) is 2.86. The molecule has 0 saturated heterocycles. The topological polar surface area (TPSA) is 17.8 Å². The summed E-state index contributed by atoms with van der Waals surface area (Å²) in [6, 6.07) is 0. The van der Waals surface area contributed by atoms with Gasteiger partial charge in [0.15, 0.2) is 0 Å². The molecule has 0 amide bonds. The normalized spacial score (nSPS) is 17.8. The lowest BCUT2D eigenvalue weighted by Gasteiger charge is -2.25. The molecule has 1 heterocycles. The van der Waals surface area contributed by atoms with E-state index in [0.717, 1.165) is 18.3 Å². The van der Waals surface area contributed by atoms with E-state index in [-0.39, 0.29) is 0 Å². The summed E-state index contributed by atoms with van der Waals surface area (Å²) in [7, 11) is 0. The van der Waals surface area contributed by atoms with Crippen molar-refractivity contribution < 1.29 is 0 Å². The maximum atomic E-state index is 4.08. The van der Waals surface area contributed by atoms with Crippen molar-refractivity contribution in [2.45, 2.75) is 39.2 Å². The van der Waals surface area contributed by atoms with Crippen LogP contribution in [0.15, 0.2) is 6.20 Å². The number of aromatic nitrogens is 2. The van der Waals surface area contributed by atoms with E-state index < -0.39 is 0 Å². The zero-order chi connectivity index (χ0) is 8.39. The highest BCUT2D eigenvalue weighted by molar-refractivity contribution is 4.87. The van der Waals surface area contributed by atoms with Gasteiger partial charge < -0.3 is 4.57 Å². The van der Waals surface area contributed by atoms with Crippen LogP contribution in [0, 0.1) is 19.0 Å². The summed E-state index contributed by atoms with van der Waals surface area (Å²) < 4.78 is 2.19. The standard InChI is InChI=1S/C10H15N2/c1-9-11-6-8-12(9)7-5-10-3-2-4-10/h8,10H,2-5,7H2,1H3. The lowest BCUT2D eigenvalue weighted by atomic mass is 9.83. The van der Waals surface area contributed by atoms with Gasteiger partial charge >= 0.3 is 0 Å². The molecule has 1 aromatic rings. The van der Waals surface area contributed by atoms with Gasteiger partial charge in [-0.05, 0) is 19.3 Å². The van der Waals surface area contributed by atoms with E-state index in [0.29, 0.717) is 0 Å². The molecule has 1 radical (unpaired) electrons. The van der Waals surface area contributed by atoms with Gasteiger partial charge in [-0.3, -0.25) is 0 Å². The molecule has 2 nitrogen and oxygen atoms in total. The molecular weight excluding hydrogens is 148 g/mol. The van der Waals surface area contributed by atoms with E-state index >= 15 is 0 Å². The van der Waals surface area contributed by atoms with Crippen LogP contribution in [0.2, 0.25) is 0 Å². The average molecular weight is 163 g/mol. The molecule has 0 N–H and O–H groups in total. The lowest BCUT2D eigenvalue weighted by Crippen LogP contribution is -2.14. The Balaban J connectivity index is 1.82. The van der Waals surface area contributed by atoms with Crippen LogP contribution in [0.3, 0.4) is 0 Å². The summed E-state index contributed by atoms with van der Waals surface area (Å²) in [5.41, 5.74) is 0. The van der Waals surface area contributed by atoms with Crippen LogP contribution in [-0.2, 0) is 6.54 Å². The largest absolute Gasteiger partial charge is 0.334 e. The Labute approximate surface area is 73.6 Å². The van der Waals surface area contributed by atoms with E-state index in [1.165, 1.54) is 25.7 Å². The van der Waals surface area contributed by atoms with Crippen molar-refractivity contribution in [3.63, 3.8) is 0 Å².